The summed E-state index contributed by atoms with van der Waals surface area (Å²) in [5.41, 5.74) is 1.26. The molecule has 1 aromatic heterocycles. The number of aromatic nitrogens is 2. The maximum absolute atomic E-state index is 12.4. The van der Waals surface area contributed by atoms with E-state index in [1.54, 1.807) is 15.2 Å². The van der Waals surface area contributed by atoms with Gasteiger partial charge in [0, 0.05) is 23.8 Å². The fourth-order valence-corrected chi connectivity index (χ4v) is 3.10. The summed E-state index contributed by atoms with van der Waals surface area (Å²) in [4.78, 5) is 12.4. The van der Waals surface area contributed by atoms with Gasteiger partial charge in [0.1, 0.15) is 0 Å². The van der Waals surface area contributed by atoms with E-state index in [0.29, 0.717) is 18.6 Å². The quantitative estimate of drug-likeness (QED) is 0.796. The lowest BCUT2D eigenvalue weighted by atomic mass is 10.3. The molecule has 0 bridgehead atoms. The van der Waals surface area contributed by atoms with Crippen molar-refractivity contribution in [2.75, 3.05) is 0 Å². The van der Waals surface area contributed by atoms with Crippen LogP contribution in [0.2, 0.25) is 0 Å². The van der Waals surface area contributed by atoms with E-state index in [-0.39, 0.29) is 10.6 Å². The van der Waals surface area contributed by atoms with Gasteiger partial charge in [-0.05, 0) is 31.0 Å². The number of hydrogen-bond donors (Lipinski definition) is 0. The van der Waals surface area contributed by atoms with Crippen LogP contribution in [0.4, 0.5) is 0 Å². The first-order valence-corrected chi connectivity index (χ1v) is 8.88. The normalized spacial score (nSPS) is 12.2. The van der Waals surface area contributed by atoms with Crippen LogP contribution < -0.4 is 5.69 Å². The van der Waals surface area contributed by atoms with Crippen LogP contribution in [0.5, 0.6) is 0 Å². The molecule has 0 unspecified atom stereocenters. The van der Waals surface area contributed by atoms with E-state index >= 15 is 0 Å². The zero-order valence-electron chi connectivity index (χ0n) is 11.5. The van der Waals surface area contributed by atoms with Crippen molar-refractivity contribution < 1.29 is 8.42 Å². The maximum Gasteiger partial charge on any atom is 0.329 e. The lowest BCUT2D eigenvalue weighted by molar-refractivity contribution is 0.606. The maximum atomic E-state index is 12.4. The number of aryl methyl sites for hydroxylation is 2. The molecule has 1 heterocycles. The van der Waals surface area contributed by atoms with Gasteiger partial charge in [0.05, 0.1) is 15.9 Å². The van der Waals surface area contributed by atoms with Crippen molar-refractivity contribution in [3.8, 4) is 0 Å². The molecule has 7 heteroatoms. The second kappa shape index (κ2) is 5.61. The Morgan fingerprint density at radius 3 is 2.10 bits per heavy atom. The van der Waals surface area contributed by atoms with Crippen LogP contribution in [-0.4, -0.2) is 17.6 Å². The summed E-state index contributed by atoms with van der Waals surface area (Å²) in [5, 5.41) is 0. The zero-order chi connectivity index (χ0) is 14.9. The van der Waals surface area contributed by atoms with Crippen molar-refractivity contribution in [1.82, 2.24) is 9.13 Å². The molecular formula is C13H17ClN2O3S. The van der Waals surface area contributed by atoms with Gasteiger partial charge in [0.25, 0.3) is 9.05 Å². The standard InChI is InChI=1S/C13H17ClN2O3S/c1-3-7-15-11-6-5-10(20(14,18)19)9-12(11)16(8-4-2)13(15)17/h5-6,9H,3-4,7-8H2,1-2H3. The summed E-state index contributed by atoms with van der Waals surface area (Å²) in [6.07, 6.45) is 1.63. The van der Waals surface area contributed by atoms with Crippen LogP contribution in [0, 0.1) is 0 Å². The Kier molecular flexibility index (Phi) is 4.25. The highest BCUT2D eigenvalue weighted by Crippen LogP contribution is 2.21. The molecule has 0 radical (unpaired) electrons. The molecular weight excluding hydrogens is 300 g/mol. The van der Waals surface area contributed by atoms with Crippen molar-refractivity contribution in [2.45, 2.75) is 44.7 Å². The number of fused-ring (bicyclic) bond motifs is 1. The van der Waals surface area contributed by atoms with Gasteiger partial charge < -0.3 is 0 Å². The van der Waals surface area contributed by atoms with E-state index in [2.05, 4.69) is 0 Å². The number of nitrogens with zero attached hydrogens (tertiary/aromatic N) is 2. The minimum absolute atomic E-state index is 0.0187. The van der Waals surface area contributed by atoms with Crippen LogP contribution in [0.25, 0.3) is 11.0 Å². The third-order valence-electron chi connectivity index (χ3n) is 3.17. The van der Waals surface area contributed by atoms with E-state index in [1.165, 1.54) is 12.1 Å². The molecule has 0 N–H and O–H groups in total. The average Bonchev–Trinajstić information content (AvgIpc) is 2.64. The predicted octanol–water partition coefficient (Wildman–Crippen LogP) is 2.55. The molecule has 5 nitrogen and oxygen atoms in total. The first kappa shape index (κ1) is 15.1. The topological polar surface area (TPSA) is 61.1 Å². The first-order valence-electron chi connectivity index (χ1n) is 6.58. The monoisotopic (exact) mass is 316 g/mol. The van der Waals surface area contributed by atoms with Crippen LogP contribution in [0.1, 0.15) is 26.7 Å². The number of rotatable bonds is 5. The molecule has 0 aliphatic rings. The Morgan fingerprint density at radius 1 is 1.05 bits per heavy atom. The minimum Gasteiger partial charge on any atom is -0.292 e. The summed E-state index contributed by atoms with van der Waals surface area (Å²) in [6, 6.07) is 4.56. The Bertz CT molecular complexity index is 790. The molecule has 0 fully saturated rings. The van der Waals surface area contributed by atoms with E-state index in [4.69, 9.17) is 10.7 Å². The molecule has 0 amide bonds. The Balaban J connectivity index is 2.79. The van der Waals surface area contributed by atoms with E-state index in [9.17, 15) is 13.2 Å². The van der Waals surface area contributed by atoms with Gasteiger partial charge in [0.2, 0.25) is 0 Å². The summed E-state index contributed by atoms with van der Waals surface area (Å²) < 4.78 is 26.2. The second-order valence-electron chi connectivity index (χ2n) is 4.67. The number of benzene rings is 1. The third-order valence-corrected chi connectivity index (χ3v) is 4.52. The van der Waals surface area contributed by atoms with Crippen molar-refractivity contribution >= 4 is 30.8 Å². The van der Waals surface area contributed by atoms with Crippen molar-refractivity contribution in [2.24, 2.45) is 0 Å². The van der Waals surface area contributed by atoms with E-state index < -0.39 is 9.05 Å². The second-order valence-corrected chi connectivity index (χ2v) is 7.24. The largest absolute Gasteiger partial charge is 0.329 e. The smallest absolute Gasteiger partial charge is 0.292 e. The third kappa shape index (κ3) is 2.62. The summed E-state index contributed by atoms with van der Waals surface area (Å²) in [6.45, 7) is 5.13. The molecule has 110 valence electrons. The SMILES string of the molecule is CCCn1c(=O)n(CCC)c2cc(S(=O)(=O)Cl)ccc21. The molecule has 20 heavy (non-hydrogen) atoms. The van der Waals surface area contributed by atoms with Gasteiger partial charge in [-0.15, -0.1) is 0 Å². The average molecular weight is 317 g/mol. The number of hydrogen-bond acceptors (Lipinski definition) is 3. The molecule has 0 aliphatic heterocycles. The Hall–Kier alpha value is -1.27. The lowest BCUT2D eigenvalue weighted by Gasteiger charge is -2.02. The van der Waals surface area contributed by atoms with Crippen molar-refractivity contribution in [3.63, 3.8) is 0 Å². The molecule has 0 saturated carbocycles. The summed E-state index contributed by atoms with van der Waals surface area (Å²) >= 11 is 0. The Morgan fingerprint density at radius 2 is 1.60 bits per heavy atom. The Labute approximate surface area is 122 Å². The van der Waals surface area contributed by atoms with Gasteiger partial charge in [-0.1, -0.05) is 13.8 Å². The van der Waals surface area contributed by atoms with E-state index in [0.717, 1.165) is 18.4 Å². The highest BCUT2D eigenvalue weighted by Gasteiger charge is 2.16. The highest BCUT2D eigenvalue weighted by molar-refractivity contribution is 8.13. The minimum atomic E-state index is -3.79. The van der Waals surface area contributed by atoms with Gasteiger partial charge in [-0.3, -0.25) is 9.13 Å². The summed E-state index contributed by atoms with van der Waals surface area (Å²) in [7, 11) is 1.58. The molecule has 2 rings (SSSR count). The van der Waals surface area contributed by atoms with Crippen LogP contribution in [-0.2, 0) is 22.1 Å². The van der Waals surface area contributed by atoms with Crippen LogP contribution in [0.15, 0.2) is 27.9 Å². The van der Waals surface area contributed by atoms with Crippen molar-refractivity contribution in [1.29, 1.82) is 0 Å². The fraction of sp³-hybridized carbons (Fsp3) is 0.462. The van der Waals surface area contributed by atoms with Crippen LogP contribution >= 0.6 is 10.7 Å². The number of halogens is 1. The van der Waals surface area contributed by atoms with E-state index in [1.807, 2.05) is 13.8 Å². The molecule has 2 aromatic rings. The molecule has 0 atom stereocenters. The zero-order valence-corrected chi connectivity index (χ0v) is 13.0. The van der Waals surface area contributed by atoms with Gasteiger partial charge in [-0.2, -0.15) is 0 Å². The molecule has 0 aliphatic carbocycles. The van der Waals surface area contributed by atoms with Gasteiger partial charge in [-0.25, -0.2) is 13.2 Å². The van der Waals surface area contributed by atoms with Gasteiger partial charge in [0.15, 0.2) is 0 Å². The molecule has 1 aromatic carbocycles. The molecule has 0 spiro atoms. The van der Waals surface area contributed by atoms with Gasteiger partial charge >= 0.3 is 5.69 Å². The highest BCUT2D eigenvalue weighted by atomic mass is 35.7. The first-order chi connectivity index (χ1) is 9.40. The number of imidazole rings is 1. The van der Waals surface area contributed by atoms with Crippen molar-refractivity contribution in [3.05, 3.63) is 28.7 Å². The summed E-state index contributed by atoms with van der Waals surface area (Å²) in [5.74, 6) is 0. The molecule has 0 saturated heterocycles. The fourth-order valence-electron chi connectivity index (χ4n) is 2.33. The predicted molar refractivity (Wildman–Crippen MR) is 79.8 cm³/mol. The van der Waals surface area contributed by atoms with Crippen LogP contribution in [0.3, 0.4) is 0 Å². The lowest BCUT2D eigenvalue weighted by Crippen LogP contribution is -2.24.